The fraction of sp³-hybridized carbons (Fsp3) is 0.444. The van der Waals surface area contributed by atoms with Crippen LogP contribution >= 0.6 is 0 Å². The van der Waals surface area contributed by atoms with Gasteiger partial charge in [0.2, 0.25) is 0 Å². The summed E-state index contributed by atoms with van der Waals surface area (Å²) >= 11 is 0. The molecule has 0 aliphatic carbocycles. The summed E-state index contributed by atoms with van der Waals surface area (Å²) in [4.78, 5) is 29.4. The summed E-state index contributed by atoms with van der Waals surface area (Å²) in [6.45, 7) is 6.28. The van der Waals surface area contributed by atoms with Crippen molar-refractivity contribution in [3.63, 3.8) is 0 Å². The van der Waals surface area contributed by atoms with E-state index in [1.54, 1.807) is 0 Å². The molecule has 0 atom stereocenters. The Balaban J connectivity index is 0. The highest BCUT2D eigenvalue weighted by Gasteiger charge is 1.98. The third-order valence-corrected chi connectivity index (χ3v) is 0.805. The van der Waals surface area contributed by atoms with Crippen molar-refractivity contribution >= 4 is 17.7 Å². The second kappa shape index (κ2) is 9.44. The van der Waals surface area contributed by atoms with Crippen molar-refractivity contribution in [3.8, 4) is 0 Å². The van der Waals surface area contributed by atoms with Crippen molar-refractivity contribution in [3.05, 3.63) is 12.7 Å². The lowest BCUT2D eigenvalue weighted by atomic mass is 10.3. The Morgan fingerprint density at radius 1 is 1.36 bits per heavy atom. The minimum absolute atomic E-state index is 0.264. The molecule has 0 aliphatic heterocycles. The smallest absolute Gasteiger partial charge is 0.310 e. The molecule has 0 spiro atoms. The van der Waals surface area contributed by atoms with Gasteiger partial charge in [-0.25, -0.2) is 0 Å². The van der Waals surface area contributed by atoms with Crippen LogP contribution in [0.1, 0.15) is 20.3 Å². The summed E-state index contributed by atoms with van der Waals surface area (Å²) < 4.78 is 4.43. The lowest BCUT2D eigenvalue weighted by Crippen LogP contribution is -2.00. The number of ketones is 1. The number of carbonyl (C=O) groups excluding carboxylic acids is 2. The molecular formula is C9H14O5. The first-order valence-corrected chi connectivity index (χ1v) is 3.85. The van der Waals surface area contributed by atoms with Crippen molar-refractivity contribution in [2.75, 3.05) is 6.61 Å². The maximum atomic E-state index is 9.93. The van der Waals surface area contributed by atoms with Gasteiger partial charge in [0.05, 0.1) is 0 Å². The first kappa shape index (κ1) is 14.9. The number of hydrogen-bond donors (Lipinski definition) is 1. The Kier molecular flexibility index (Phi) is 10.0. The molecule has 0 aromatic rings. The number of hydrogen-bond acceptors (Lipinski definition) is 4. The molecule has 0 aromatic heterocycles. The molecule has 0 fully saturated rings. The Hall–Kier alpha value is -1.65. The standard InChI is InChI=1S/C5H8O2.C4H6O3/c1-3-4-7-5(2)6;1-3(5)2-4(6)7/h3H,1,4H2,2H3;2H2,1H3,(H,6,7). The first-order valence-electron chi connectivity index (χ1n) is 3.85. The van der Waals surface area contributed by atoms with E-state index >= 15 is 0 Å². The van der Waals surface area contributed by atoms with Gasteiger partial charge < -0.3 is 9.84 Å². The van der Waals surface area contributed by atoms with E-state index < -0.39 is 5.97 Å². The SMILES string of the molecule is C=CCOC(C)=O.CC(=O)CC(=O)O. The van der Waals surface area contributed by atoms with Crippen LogP contribution < -0.4 is 0 Å². The van der Waals surface area contributed by atoms with E-state index in [-0.39, 0.29) is 18.2 Å². The van der Waals surface area contributed by atoms with Gasteiger partial charge in [-0.15, -0.1) is 0 Å². The summed E-state index contributed by atoms with van der Waals surface area (Å²) in [7, 11) is 0. The number of carboxylic acid groups (broad SMARTS) is 1. The van der Waals surface area contributed by atoms with Crippen molar-refractivity contribution in [2.24, 2.45) is 0 Å². The average molecular weight is 202 g/mol. The lowest BCUT2D eigenvalue weighted by molar-refractivity contribution is -0.141. The van der Waals surface area contributed by atoms with E-state index in [9.17, 15) is 14.4 Å². The second-order valence-electron chi connectivity index (χ2n) is 2.36. The number of aliphatic carboxylic acids is 1. The Bertz CT molecular complexity index is 207. The highest BCUT2D eigenvalue weighted by molar-refractivity contribution is 5.93. The average Bonchev–Trinajstić information content (AvgIpc) is 1.99. The molecule has 0 aromatic carbocycles. The lowest BCUT2D eigenvalue weighted by Gasteiger charge is -1.90. The maximum absolute atomic E-state index is 9.93. The Labute approximate surface area is 82.4 Å². The van der Waals surface area contributed by atoms with Gasteiger partial charge in [0.25, 0.3) is 0 Å². The van der Waals surface area contributed by atoms with E-state index in [0.717, 1.165) is 0 Å². The first-order chi connectivity index (χ1) is 6.40. The highest BCUT2D eigenvalue weighted by atomic mass is 16.5. The van der Waals surface area contributed by atoms with Crippen LogP contribution in [0.25, 0.3) is 0 Å². The van der Waals surface area contributed by atoms with E-state index in [1.807, 2.05) is 0 Å². The van der Waals surface area contributed by atoms with Crippen molar-refractivity contribution in [1.29, 1.82) is 0 Å². The predicted octanol–water partition coefficient (Wildman–Crippen LogP) is 0.786. The van der Waals surface area contributed by atoms with E-state index in [2.05, 4.69) is 11.3 Å². The summed E-state index contributed by atoms with van der Waals surface area (Å²) in [6.07, 6.45) is 1.17. The van der Waals surface area contributed by atoms with Gasteiger partial charge in [0.1, 0.15) is 18.8 Å². The van der Waals surface area contributed by atoms with Crippen LogP contribution in [0.5, 0.6) is 0 Å². The Morgan fingerprint density at radius 2 is 1.86 bits per heavy atom. The predicted molar refractivity (Wildman–Crippen MR) is 49.8 cm³/mol. The molecule has 80 valence electrons. The van der Waals surface area contributed by atoms with Crippen LogP contribution in [0.15, 0.2) is 12.7 Å². The monoisotopic (exact) mass is 202 g/mol. The fourth-order valence-electron chi connectivity index (χ4n) is 0.389. The molecule has 14 heavy (non-hydrogen) atoms. The number of Topliss-reactive ketones (excluding diaryl/α,β-unsaturated/α-hetero) is 1. The highest BCUT2D eigenvalue weighted by Crippen LogP contribution is 1.77. The van der Waals surface area contributed by atoms with Gasteiger partial charge in [0.15, 0.2) is 0 Å². The molecule has 0 rings (SSSR count). The zero-order valence-electron chi connectivity index (χ0n) is 8.28. The van der Waals surface area contributed by atoms with Crippen LogP contribution in [0.4, 0.5) is 0 Å². The van der Waals surface area contributed by atoms with Crippen LogP contribution in [-0.2, 0) is 19.1 Å². The molecular weight excluding hydrogens is 188 g/mol. The second-order valence-corrected chi connectivity index (χ2v) is 2.36. The van der Waals surface area contributed by atoms with Gasteiger partial charge in [-0.1, -0.05) is 12.7 Å². The number of carbonyl (C=O) groups is 3. The molecule has 0 saturated heterocycles. The summed E-state index contributed by atoms with van der Waals surface area (Å²) in [5.74, 6) is -1.64. The van der Waals surface area contributed by atoms with E-state index in [0.29, 0.717) is 6.61 Å². The molecule has 0 heterocycles. The molecule has 0 amide bonds. The van der Waals surface area contributed by atoms with Crippen molar-refractivity contribution in [2.45, 2.75) is 20.3 Å². The van der Waals surface area contributed by atoms with Crippen LogP contribution in [0, 0.1) is 0 Å². The van der Waals surface area contributed by atoms with E-state index in [1.165, 1.54) is 19.9 Å². The molecule has 0 unspecified atom stereocenters. The van der Waals surface area contributed by atoms with Gasteiger partial charge in [0, 0.05) is 6.92 Å². The van der Waals surface area contributed by atoms with Crippen LogP contribution in [0.3, 0.4) is 0 Å². The summed E-state index contributed by atoms with van der Waals surface area (Å²) in [5.41, 5.74) is 0. The molecule has 0 radical (unpaired) electrons. The van der Waals surface area contributed by atoms with Gasteiger partial charge >= 0.3 is 11.9 Å². The van der Waals surface area contributed by atoms with Crippen molar-refractivity contribution in [1.82, 2.24) is 0 Å². The Morgan fingerprint density at radius 3 is 1.93 bits per heavy atom. The number of rotatable bonds is 4. The third kappa shape index (κ3) is 22.4. The minimum Gasteiger partial charge on any atom is -0.481 e. The zero-order valence-corrected chi connectivity index (χ0v) is 8.28. The summed E-state index contributed by atoms with van der Waals surface area (Å²) in [6, 6.07) is 0. The third-order valence-electron chi connectivity index (χ3n) is 0.805. The van der Waals surface area contributed by atoms with Gasteiger partial charge in [-0.2, -0.15) is 0 Å². The molecule has 0 saturated carbocycles. The van der Waals surface area contributed by atoms with Gasteiger partial charge in [-0.3, -0.25) is 14.4 Å². The maximum Gasteiger partial charge on any atom is 0.310 e. The topological polar surface area (TPSA) is 80.7 Å². The normalized spacial score (nSPS) is 7.86. The minimum atomic E-state index is -1.06. The summed E-state index contributed by atoms with van der Waals surface area (Å²) in [5, 5.41) is 7.86. The number of carboxylic acids is 1. The largest absolute Gasteiger partial charge is 0.481 e. The molecule has 0 bridgehead atoms. The van der Waals surface area contributed by atoms with Gasteiger partial charge in [-0.05, 0) is 6.92 Å². The van der Waals surface area contributed by atoms with E-state index in [4.69, 9.17) is 5.11 Å². The van der Waals surface area contributed by atoms with Crippen LogP contribution in [-0.4, -0.2) is 29.4 Å². The van der Waals surface area contributed by atoms with Crippen molar-refractivity contribution < 1.29 is 24.2 Å². The molecule has 1 N–H and O–H groups in total. The van der Waals surface area contributed by atoms with Crippen LogP contribution in [0.2, 0.25) is 0 Å². The fourth-order valence-corrected chi connectivity index (χ4v) is 0.389. The quantitative estimate of drug-likeness (QED) is 0.414. The molecule has 5 nitrogen and oxygen atoms in total. The number of esters is 1. The zero-order chi connectivity index (χ0) is 11.6. The number of ether oxygens (including phenoxy) is 1. The molecule has 0 aliphatic rings. The molecule has 5 heteroatoms.